The molecule has 0 unspecified atom stereocenters. The lowest BCUT2D eigenvalue weighted by Gasteiger charge is -2.13. The summed E-state index contributed by atoms with van der Waals surface area (Å²) < 4.78 is 12.6. The number of aliphatic hydroxyl groups excluding tert-OH is 1. The summed E-state index contributed by atoms with van der Waals surface area (Å²) in [6, 6.07) is 6.65. The van der Waals surface area contributed by atoms with E-state index in [0.29, 0.717) is 0 Å². The number of benzene rings is 1. The lowest BCUT2D eigenvalue weighted by Crippen LogP contribution is -2.20. The Hall–Kier alpha value is -0.930. The quantitative estimate of drug-likeness (QED) is 0.706. The van der Waals surface area contributed by atoms with Crippen molar-refractivity contribution < 1.29 is 9.50 Å². The van der Waals surface area contributed by atoms with E-state index in [1.54, 1.807) is 12.1 Å². The van der Waals surface area contributed by atoms with E-state index in [1.165, 1.54) is 12.1 Å². The van der Waals surface area contributed by atoms with Gasteiger partial charge >= 0.3 is 0 Å². The Morgan fingerprint density at radius 1 is 1.36 bits per heavy atom. The van der Waals surface area contributed by atoms with Crippen molar-refractivity contribution in [3.8, 4) is 0 Å². The predicted molar refractivity (Wildman–Crippen MR) is 54.5 cm³/mol. The SMILES string of the molecule is C[C@@H](NCCCO)c1ccc(F)cc1. The molecule has 1 aromatic rings. The highest BCUT2D eigenvalue weighted by molar-refractivity contribution is 5.19. The van der Waals surface area contributed by atoms with Gasteiger partial charge in [-0.2, -0.15) is 0 Å². The number of aliphatic hydroxyl groups is 1. The third-order valence-corrected chi connectivity index (χ3v) is 2.16. The molecule has 0 aliphatic heterocycles. The molecule has 2 nitrogen and oxygen atoms in total. The van der Waals surface area contributed by atoms with Crippen LogP contribution in [0.2, 0.25) is 0 Å². The van der Waals surface area contributed by atoms with Crippen LogP contribution < -0.4 is 5.32 Å². The zero-order chi connectivity index (χ0) is 10.4. The summed E-state index contributed by atoms with van der Waals surface area (Å²) in [6.45, 7) is 2.99. The summed E-state index contributed by atoms with van der Waals surface area (Å²) >= 11 is 0. The first-order chi connectivity index (χ1) is 6.74. The third-order valence-electron chi connectivity index (χ3n) is 2.16. The van der Waals surface area contributed by atoms with Gasteiger partial charge in [-0.05, 0) is 37.6 Å². The van der Waals surface area contributed by atoms with Gasteiger partial charge in [0.1, 0.15) is 5.82 Å². The van der Waals surface area contributed by atoms with Crippen molar-refractivity contribution in [1.29, 1.82) is 0 Å². The Bertz CT molecular complexity index is 260. The number of hydrogen-bond donors (Lipinski definition) is 2. The Kier molecular flexibility index (Phi) is 4.56. The first-order valence-corrected chi connectivity index (χ1v) is 4.83. The lowest BCUT2D eigenvalue weighted by molar-refractivity contribution is 0.284. The van der Waals surface area contributed by atoms with Crippen molar-refractivity contribution in [2.45, 2.75) is 19.4 Å². The molecule has 78 valence electrons. The first-order valence-electron chi connectivity index (χ1n) is 4.83. The summed E-state index contributed by atoms with van der Waals surface area (Å²) in [5.41, 5.74) is 1.06. The van der Waals surface area contributed by atoms with Gasteiger partial charge in [-0.15, -0.1) is 0 Å². The van der Waals surface area contributed by atoms with E-state index in [4.69, 9.17) is 5.11 Å². The van der Waals surface area contributed by atoms with Crippen molar-refractivity contribution in [3.63, 3.8) is 0 Å². The van der Waals surface area contributed by atoms with Crippen molar-refractivity contribution >= 4 is 0 Å². The molecule has 0 fully saturated rings. The third kappa shape index (κ3) is 3.44. The Labute approximate surface area is 83.8 Å². The van der Waals surface area contributed by atoms with Gasteiger partial charge in [-0.25, -0.2) is 4.39 Å². The van der Waals surface area contributed by atoms with Crippen LogP contribution in [0, 0.1) is 5.82 Å². The molecular weight excluding hydrogens is 181 g/mol. The number of nitrogens with one attached hydrogen (secondary N) is 1. The highest BCUT2D eigenvalue weighted by Crippen LogP contribution is 2.12. The molecule has 0 saturated heterocycles. The molecule has 0 aromatic heterocycles. The van der Waals surface area contributed by atoms with Crippen LogP contribution >= 0.6 is 0 Å². The van der Waals surface area contributed by atoms with Crippen LogP contribution in [0.1, 0.15) is 24.9 Å². The number of hydrogen-bond acceptors (Lipinski definition) is 2. The Balaban J connectivity index is 2.43. The molecule has 0 amide bonds. The highest BCUT2D eigenvalue weighted by atomic mass is 19.1. The molecule has 2 N–H and O–H groups in total. The molecule has 0 saturated carbocycles. The maximum Gasteiger partial charge on any atom is 0.123 e. The first kappa shape index (κ1) is 11.1. The van der Waals surface area contributed by atoms with Crippen molar-refractivity contribution in [1.82, 2.24) is 5.32 Å². The summed E-state index contributed by atoms with van der Waals surface area (Å²) in [5.74, 6) is -0.212. The van der Waals surface area contributed by atoms with Gasteiger partial charge in [0.25, 0.3) is 0 Å². The summed E-state index contributed by atoms with van der Waals surface area (Å²) in [6.07, 6.45) is 0.742. The lowest BCUT2D eigenvalue weighted by atomic mass is 10.1. The predicted octanol–water partition coefficient (Wildman–Crippen LogP) is 1.86. The van der Waals surface area contributed by atoms with Gasteiger partial charge < -0.3 is 10.4 Å². The topological polar surface area (TPSA) is 32.3 Å². The smallest absolute Gasteiger partial charge is 0.123 e. The van der Waals surface area contributed by atoms with Crippen molar-refractivity contribution in [3.05, 3.63) is 35.6 Å². The molecular formula is C11H16FNO. The van der Waals surface area contributed by atoms with E-state index >= 15 is 0 Å². The van der Waals surface area contributed by atoms with Crippen molar-refractivity contribution in [2.24, 2.45) is 0 Å². The van der Waals surface area contributed by atoms with Crippen LogP contribution in [0.3, 0.4) is 0 Å². The molecule has 0 aliphatic rings. The summed E-state index contributed by atoms with van der Waals surface area (Å²) in [4.78, 5) is 0. The van der Waals surface area contributed by atoms with Gasteiger partial charge in [-0.1, -0.05) is 12.1 Å². The van der Waals surface area contributed by atoms with Crippen LogP contribution in [-0.4, -0.2) is 18.3 Å². The van der Waals surface area contributed by atoms with E-state index in [1.807, 2.05) is 6.92 Å². The summed E-state index contributed by atoms with van der Waals surface area (Å²) in [5, 5.41) is 11.8. The minimum atomic E-state index is -0.212. The molecule has 0 radical (unpaired) electrons. The largest absolute Gasteiger partial charge is 0.396 e. The van der Waals surface area contributed by atoms with Crippen LogP contribution in [0.15, 0.2) is 24.3 Å². The van der Waals surface area contributed by atoms with E-state index < -0.39 is 0 Å². The number of halogens is 1. The van der Waals surface area contributed by atoms with Crippen LogP contribution in [0.25, 0.3) is 0 Å². The van der Waals surface area contributed by atoms with E-state index in [9.17, 15) is 4.39 Å². The van der Waals surface area contributed by atoms with E-state index in [2.05, 4.69) is 5.32 Å². The minimum Gasteiger partial charge on any atom is -0.396 e. The highest BCUT2D eigenvalue weighted by Gasteiger charge is 2.03. The average molecular weight is 197 g/mol. The molecule has 0 spiro atoms. The monoisotopic (exact) mass is 197 g/mol. The second kappa shape index (κ2) is 5.73. The second-order valence-corrected chi connectivity index (χ2v) is 3.30. The maximum atomic E-state index is 12.6. The van der Waals surface area contributed by atoms with Crippen LogP contribution in [0.4, 0.5) is 4.39 Å². The van der Waals surface area contributed by atoms with Gasteiger partial charge in [0.15, 0.2) is 0 Å². The van der Waals surface area contributed by atoms with Gasteiger partial charge in [0.05, 0.1) is 0 Å². The zero-order valence-electron chi connectivity index (χ0n) is 8.33. The van der Waals surface area contributed by atoms with E-state index in [-0.39, 0.29) is 18.5 Å². The average Bonchev–Trinajstić information content (AvgIpc) is 2.19. The summed E-state index contributed by atoms with van der Waals surface area (Å²) in [7, 11) is 0. The van der Waals surface area contributed by atoms with Gasteiger partial charge in [0, 0.05) is 12.6 Å². The molecule has 1 rings (SSSR count). The Morgan fingerprint density at radius 2 is 2.00 bits per heavy atom. The van der Waals surface area contributed by atoms with Crippen LogP contribution in [-0.2, 0) is 0 Å². The molecule has 3 heteroatoms. The standard InChI is InChI=1S/C11H16FNO/c1-9(13-7-2-8-14)10-3-5-11(12)6-4-10/h3-6,9,13-14H,2,7-8H2,1H3/t9-/m1/s1. The van der Waals surface area contributed by atoms with Gasteiger partial charge in [0.2, 0.25) is 0 Å². The molecule has 1 aromatic carbocycles. The van der Waals surface area contributed by atoms with Crippen LogP contribution in [0.5, 0.6) is 0 Å². The fraction of sp³-hybridized carbons (Fsp3) is 0.455. The van der Waals surface area contributed by atoms with Crippen molar-refractivity contribution in [2.75, 3.05) is 13.2 Å². The minimum absolute atomic E-state index is 0.196. The second-order valence-electron chi connectivity index (χ2n) is 3.30. The molecule has 0 aliphatic carbocycles. The molecule has 14 heavy (non-hydrogen) atoms. The number of rotatable bonds is 5. The maximum absolute atomic E-state index is 12.6. The zero-order valence-corrected chi connectivity index (χ0v) is 8.33. The molecule has 1 atom stereocenters. The molecule has 0 bridgehead atoms. The normalized spacial score (nSPS) is 12.8. The fourth-order valence-corrected chi connectivity index (χ4v) is 1.27. The molecule has 0 heterocycles. The van der Waals surface area contributed by atoms with E-state index in [0.717, 1.165) is 18.5 Å². The Morgan fingerprint density at radius 3 is 2.57 bits per heavy atom. The fourth-order valence-electron chi connectivity index (χ4n) is 1.27. The van der Waals surface area contributed by atoms with Gasteiger partial charge in [-0.3, -0.25) is 0 Å².